The van der Waals surface area contributed by atoms with Crippen LogP contribution in [0, 0.1) is 0 Å². The van der Waals surface area contributed by atoms with Gasteiger partial charge in [0.25, 0.3) is 0 Å². The Labute approximate surface area is 552 Å². The number of carbonyl (C=O) groups is 2. The smallest absolute Gasteiger partial charge is 0.305 e. The molecule has 524 valence electrons. The Hall–Kier alpha value is -1.40. The quantitative estimate of drug-likeness (QED) is 0.0320. The predicted molar refractivity (Wildman–Crippen MR) is 389 cm³/mol. The van der Waals surface area contributed by atoms with Crippen LogP contribution < -0.4 is 5.32 Å². The summed E-state index contributed by atoms with van der Waals surface area (Å²) in [5, 5.41) is 23.3. The lowest BCUT2D eigenvalue weighted by atomic mass is 10.0. The normalized spacial score (nSPS) is 12.5. The zero-order chi connectivity index (χ0) is 63.5. The van der Waals surface area contributed by atoms with Crippen molar-refractivity contribution in [3.05, 3.63) is 12.2 Å². The van der Waals surface area contributed by atoms with Crippen molar-refractivity contribution in [1.29, 1.82) is 0 Å². The fourth-order valence-corrected chi connectivity index (χ4v) is 13.3. The molecule has 0 aliphatic rings. The largest absolute Gasteiger partial charge is 0.466 e. The first-order valence-corrected chi connectivity index (χ1v) is 41.0. The minimum Gasteiger partial charge on any atom is -0.466 e. The lowest BCUT2D eigenvalue weighted by Gasteiger charge is -2.20. The molecule has 1 amide bonds. The topological polar surface area (TPSA) is 95.9 Å². The SMILES string of the molecule is CCCCCCCCCCCCCCCCCCCCCCCCC/C=C/C(O)C(CO)NC(=O)CCCCCCCCCCCCCCCCCCCCCCCCCCCCCCCCOC(=O)CCCCCCCCCCCCCCCCCC. The fourth-order valence-electron chi connectivity index (χ4n) is 13.3. The van der Waals surface area contributed by atoms with Gasteiger partial charge in [-0.25, -0.2) is 0 Å². The van der Waals surface area contributed by atoms with Crippen LogP contribution in [0.5, 0.6) is 0 Å². The first-order chi connectivity index (χ1) is 43.5. The molecular formula is C82H161NO5. The van der Waals surface area contributed by atoms with E-state index in [0.717, 1.165) is 38.5 Å². The van der Waals surface area contributed by atoms with Crippen LogP contribution in [-0.2, 0) is 14.3 Å². The van der Waals surface area contributed by atoms with Gasteiger partial charge < -0.3 is 20.3 Å². The highest BCUT2D eigenvalue weighted by atomic mass is 16.5. The molecule has 0 aliphatic carbocycles. The average molecular weight is 1240 g/mol. The molecule has 0 fully saturated rings. The molecule has 0 rings (SSSR count). The van der Waals surface area contributed by atoms with E-state index in [1.165, 1.54) is 411 Å². The number of amides is 1. The second kappa shape index (κ2) is 78.0. The van der Waals surface area contributed by atoms with Gasteiger partial charge >= 0.3 is 5.97 Å². The summed E-state index contributed by atoms with van der Waals surface area (Å²) in [6.45, 7) is 4.97. The van der Waals surface area contributed by atoms with Gasteiger partial charge in [0.15, 0.2) is 0 Å². The first-order valence-electron chi connectivity index (χ1n) is 41.0. The van der Waals surface area contributed by atoms with Crippen molar-refractivity contribution in [1.82, 2.24) is 5.32 Å². The van der Waals surface area contributed by atoms with Crippen LogP contribution in [-0.4, -0.2) is 47.4 Å². The van der Waals surface area contributed by atoms with Crippen molar-refractivity contribution < 1.29 is 24.5 Å². The molecule has 0 aromatic heterocycles. The lowest BCUT2D eigenvalue weighted by molar-refractivity contribution is -0.143. The maximum atomic E-state index is 12.6. The number of ether oxygens (including phenoxy) is 1. The summed E-state index contributed by atoms with van der Waals surface area (Å²) >= 11 is 0. The number of carbonyl (C=O) groups excluding carboxylic acids is 2. The molecule has 0 saturated carbocycles. The third-order valence-corrected chi connectivity index (χ3v) is 19.6. The average Bonchev–Trinajstić information content (AvgIpc) is 3.58. The summed E-state index contributed by atoms with van der Waals surface area (Å²) in [5.41, 5.74) is 0. The molecule has 0 radical (unpaired) electrons. The van der Waals surface area contributed by atoms with E-state index in [0.29, 0.717) is 19.4 Å². The number of allylic oxidation sites excluding steroid dienone is 1. The van der Waals surface area contributed by atoms with Crippen LogP contribution in [0.4, 0.5) is 0 Å². The number of rotatable bonds is 78. The van der Waals surface area contributed by atoms with Gasteiger partial charge in [0.1, 0.15) is 0 Å². The van der Waals surface area contributed by atoms with E-state index >= 15 is 0 Å². The molecule has 0 aromatic rings. The summed E-state index contributed by atoms with van der Waals surface area (Å²) in [6, 6.07) is -0.626. The monoisotopic (exact) mass is 1240 g/mol. The van der Waals surface area contributed by atoms with Gasteiger partial charge in [-0.3, -0.25) is 9.59 Å². The minimum atomic E-state index is -0.843. The summed E-state index contributed by atoms with van der Waals surface area (Å²) in [5.74, 6) is -0.0333. The van der Waals surface area contributed by atoms with Gasteiger partial charge in [-0.05, 0) is 32.1 Å². The van der Waals surface area contributed by atoms with Crippen LogP contribution in [0.15, 0.2) is 12.2 Å². The lowest BCUT2D eigenvalue weighted by Crippen LogP contribution is -2.45. The number of esters is 1. The molecule has 2 unspecified atom stereocenters. The summed E-state index contributed by atoms with van der Waals surface area (Å²) in [6.07, 6.45) is 99.2. The molecule has 3 N–H and O–H groups in total. The van der Waals surface area contributed by atoms with Crippen molar-refractivity contribution in [2.24, 2.45) is 0 Å². The van der Waals surface area contributed by atoms with E-state index in [-0.39, 0.29) is 18.5 Å². The highest BCUT2D eigenvalue weighted by molar-refractivity contribution is 5.76. The van der Waals surface area contributed by atoms with E-state index in [2.05, 4.69) is 19.2 Å². The van der Waals surface area contributed by atoms with Gasteiger partial charge in [-0.15, -0.1) is 0 Å². The zero-order valence-corrected chi connectivity index (χ0v) is 60.3. The van der Waals surface area contributed by atoms with Crippen molar-refractivity contribution in [2.45, 2.75) is 488 Å². The predicted octanol–water partition coefficient (Wildman–Crippen LogP) is 27.1. The Balaban J connectivity index is 3.35. The van der Waals surface area contributed by atoms with E-state index in [1.807, 2.05) is 6.08 Å². The second-order valence-electron chi connectivity index (χ2n) is 28.5. The fraction of sp³-hybridized carbons (Fsp3) is 0.951. The van der Waals surface area contributed by atoms with E-state index in [1.54, 1.807) is 6.08 Å². The highest BCUT2D eigenvalue weighted by Gasteiger charge is 2.18. The Morgan fingerprint density at radius 1 is 0.307 bits per heavy atom. The molecule has 0 aliphatic heterocycles. The van der Waals surface area contributed by atoms with Crippen LogP contribution in [0.2, 0.25) is 0 Å². The number of aliphatic hydroxyl groups is 2. The Kier molecular flexibility index (Phi) is 76.8. The van der Waals surface area contributed by atoms with Gasteiger partial charge in [0.05, 0.1) is 25.4 Å². The molecule has 6 nitrogen and oxygen atoms in total. The standard InChI is InChI=1S/C82H161NO5/c1-3-5-7-9-11-13-15-17-19-21-22-23-24-31-34-37-40-43-46-50-54-58-62-66-70-74-80(85)79(78-84)83-81(86)75-71-67-63-59-55-51-47-44-41-38-35-32-29-27-25-26-28-30-33-36-39-42-45-49-53-57-61-65-69-73-77-88-82(87)76-72-68-64-60-56-52-48-20-18-16-14-12-10-8-6-4-2/h70,74,79-80,84-85H,3-69,71-73,75-78H2,1-2H3,(H,83,86)/b74-70+. The van der Waals surface area contributed by atoms with Crippen molar-refractivity contribution >= 4 is 11.9 Å². The molecule has 0 bridgehead atoms. The molecule has 0 spiro atoms. The summed E-state index contributed by atoms with van der Waals surface area (Å²) < 4.78 is 5.51. The number of hydrogen-bond donors (Lipinski definition) is 3. The second-order valence-corrected chi connectivity index (χ2v) is 28.5. The van der Waals surface area contributed by atoms with E-state index in [9.17, 15) is 19.8 Å². The Morgan fingerprint density at radius 2 is 0.523 bits per heavy atom. The third kappa shape index (κ3) is 73.6. The summed E-state index contributed by atoms with van der Waals surface area (Å²) in [7, 11) is 0. The maximum absolute atomic E-state index is 12.6. The molecular weight excluding hydrogens is 1080 g/mol. The molecule has 0 heterocycles. The Morgan fingerprint density at radius 3 is 0.773 bits per heavy atom. The third-order valence-electron chi connectivity index (χ3n) is 19.6. The van der Waals surface area contributed by atoms with Crippen LogP contribution in [0.3, 0.4) is 0 Å². The zero-order valence-electron chi connectivity index (χ0n) is 60.3. The first kappa shape index (κ1) is 86.6. The van der Waals surface area contributed by atoms with Crippen molar-refractivity contribution in [2.75, 3.05) is 13.2 Å². The van der Waals surface area contributed by atoms with Crippen LogP contribution in [0.25, 0.3) is 0 Å². The van der Waals surface area contributed by atoms with Crippen LogP contribution in [0.1, 0.15) is 476 Å². The van der Waals surface area contributed by atoms with Gasteiger partial charge in [-0.2, -0.15) is 0 Å². The van der Waals surface area contributed by atoms with Crippen LogP contribution >= 0.6 is 0 Å². The molecule has 0 aromatic carbocycles. The van der Waals surface area contributed by atoms with Crippen molar-refractivity contribution in [3.63, 3.8) is 0 Å². The van der Waals surface area contributed by atoms with E-state index < -0.39 is 12.1 Å². The number of aliphatic hydroxyl groups excluding tert-OH is 2. The van der Waals surface area contributed by atoms with E-state index in [4.69, 9.17) is 4.74 Å². The number of unbranched alkanes of at least 4 members (excludes halogenated alkanes) is 67. The molecule has 6 heteroatoms. The number of nitrogens with one attached hydrogen (secondary N) is 1. The van der Waals surface area contributed by atoms with Gasteiger partial charge in [0, 0.05) is 12.8 Å². The number of hydrogen-bond acceptors (Lipinski definition) is 5. The van der Waals surface area contributed by atoms with Crippen molar-refractivity contribution in [3.8, 4) is 0 Å². The minimum absolute atomic E-state index is 0.0247. The van der Waals surface area contributed by atoms with Gasteiger partial charge in [0.2, 0.25) is 5.91 Å². The molecule has 2 atom stereocenters. The molecule has 0 saturated heterocycles. The van der Waals surface area contributed by atoms with Gasteiger partial charge in [-0.1, -0.05) is 443 Å². The molecule has 88 heavy (non-hydrogen) atoms. The summed E-state index contributed by atoms with van der Waals surface area (Å²) in [4.78, 5) is 24.7. The Bertz CT molecular complexity index is 1340. The maximum Gasteiger partial charge on any atom is 0.305 e. The highest BCUT2D eigenvalue weighted by Crippen LogP contribution is 2.21.